The predicted molar refractivity (Wildman–Crippen MR) is 221 cm³/mol. The Bertz CT molecular complexity index is 3140. The third-order valence-electron chi connectivity index (χ3n) is 10.5. The molecular formula is C49H31N3O2. The first-order valence-electron chi connectivity index (χ1n) is 18.2. The van der Waals surface area contributed by atoms with E-state index >= 15 is 0 Å². The fraction of sp³-hybridized carbons (Fsp3) is 0.0204. The maximum atomic E-state index is 6.56. The molecule has 5 nitrogen and oxygen atoms in total. The van der Waals surface area contributed by atoms with Crippen LogP contribution in [0, 0.1) is 0 Å². The number of hydrogen-bond acceptors (Lipinski definition) is 5. The number of hydrogen-bond donors (Lipinski definition) is 1. The molecule has 0 saturated carbocycles. The largest absolute Gasteiger partial charge is 0.456 e. The Morgan fingerprint density at radius 2 is 1.04 bits per heavy atom. The van der Waals surface area contributed by atoms with Crippen LogP contribution in [0.3, 0.4) is 0 Å². The van der Waals surface area contributed by atoms with Gasteiger partial charge in [-0.25, -0.2) is 9.98 Å². The van der Waals surface area contributed by atoms with Crippen molar-refractivity contribution in [3.8, 4) is 22.3 Å². The Kier molecular flexibility index (Phi) is 6.85. The lowest BCUT2D eigenvalue weighted by molar-refractivity contribution is 0.662. The van der Waals surface area contributed by atoms with Gasteiger partial charge in [-0.1, -0.05) is 133 Å². The maximum absolute atomic E-state index is 6.56. The van der Waals surface area contributed by atoms with Crippen molar-refractivity contribution in [1.29, 1.82) is 0 Å². The number of benzene rings is 8. The van der Waals surface area contributed by atoms with Crippen LogP contribution in [-0.4, -0.2) is 11.7 Å². The Hall–Kier alpha value is -7.24. The van der Waals surface area contributed by atoms with Crippen molar-refractivity contribution >= 4 is 66.3 Å². The van der Waals surface area contributed by atoms with Gasteiger partial charge >= 0.3 is 0 Å². The smallest absolute Gasteiger partial charge is 0.159 e. The van der Waals surface area contributed by atoms with Crippen molar-refractivity contribution in [2.45, 2.75) is 6.17 Å². The van der Waals surface area contributed by atoms with E-state index in [0.717, 1.165) is 99.4 Å². The van der Waals surface area contributed by atoms with Crippen LogP contribution in [0.1, 0.15) is 22.9 Å². The summed E-state index contributed by atoms with van der Waals surface area (Å²) in [6.45, 7) is 0. The third-order valence-corrected chi connectivity index (χ3v) is 10.5. The second-order valence-electron chi connectivity index (χ2n) is 13.8. The van der Waals surface area contributed by atoms with Crippen LogP contribution >= 0.6 is 0 Å². The molecule has 0 aliphatic carbocycles. The minimum Gasteiger partial charge on any atom is -0.456 e. The van der Waals surface area contributed by atoms with Crippen molar-refractivity contribution in [2.24, 2.45) is 9.98 Å². The Labute approximate surface area is 310 Å². The molecule has 1 aliphatic heterocycles. The van der Waals surface area contributed by atoms with Crippen molar-refractivity contribution in [3.63, 3.8) is 0 Å². The number of fused-ring (bicyclic) bond motifs is 7. The Morgan fingerprint density at radius 3 is 1.81 bits per heavy atom. The topological polar surface area (TPSA) is 63.0 Å². The van der Waals surface area contributed by atoms with Gasteiger partial charge in [0.2, 0.25) is 0 Å². The molecule has 1 N–H and O–H groups in total. The molecule has 1 unspecified atom stereocenters. The Morgan fingerprint density at radius 1 is 0.426 bits per heavy atom. The lowest BCUT2D eigenvalue weighted by Gasteiger charge is -2.24. The molecule has 0 fully saturated rings. The molecule has 0 spiro atoms. The average Bonchev–Trinajstić information content (AvgIpc) is 3.82. The summed E-state index contributed by atoms with van der Waals surface area (Å²) in [6, 6.07) is 61.0. The first-order chi connectivity index (χ1) is 26.7. The van der Waals surface area contributed by atoms with E-state index in [4.69, 9.17) is 18.8 Å². The molecular weight excluding hydrogens is 663 g/mol. The molecule has 54 heavy (non-hydrogen) atoms. The van der Waals surface area contributed by atoms with Crippen LogP contribution in [0.5, 0.6) is 0 Å². The van der Waals surface area contributed by atoms with Gasteiger partial charge in [0.25, 0.3) is 0 Å². The molecule has 11 rings (SSSR count). The standard InChI is InChI=1S/C49H31N3O2/c1-3-14-30(15-4-1)33-27-40(46-37-21-10-12-24-42(37)54-44(46)29-33)39-28-34(26-32-18-7-8-19-35(32)39)48-50-47(31-16-5-2-6-17-31)51-49(52-48)38-22-13-25-43-45(38)36-20-9-11-23-41(36)53-43/h1-29,49H,(H,50,51,52). The van der Waals surface area contributed by atoms with E-state index in [1.54, 1.807) is 0 Å². The summed E-state index contributed by atoms with van der Waals surface area (Å²) >= 11 is 0. The van der Waals surface area contributed by atoms with Gasteiger partial charge in [0, 0.05) is 38.2 Å². The minimum absolute atomic E-state index is 0.418. The SMILES string of the molecule is c1ccc(C2=NC(c3cc(-c4cc(-c5ccccc5)cc5oc6ccccc6c45)c4ccccc4c3)=NC(c3cccc4oc5ccccc5c34)N2)cc1. The minimum atomic E-state index is -0.418. The quantitative estimate of drug-likeness (QED) is 0.195. The van der Waals surface area contributed by atoms with Gasteiger partial charge < -0.3 is 14.2 Å². The fourth-order valence-electron chi connectivity index (χ4n) is 8.04. The van der Waals surface area contributed by atoms with E-state index in [-0.39, 0.29) is 0 Å². The molecule has 0 bridgehead atoms. The maximum Gasteiger partial charge on any atom is 0.159 e. The van der Waals surface area contributed by atoms with E-state index in [2.05, 4.69) is 121 Å². The number of nitrogens with one attached hydrogen (secondary N) is 1. The summed E-state index contributed by atoms with van der Waals surface area (Å²) in [5, 5.41) is 10.2. The summed E-state index contributed by atoms with van der Waals surface area (Å²) in [5.74, 6) is 1.42. The zero-order chi connectivity index (χ0) is 35.6. The van der Waals surface area contributed by atoms with Crippen LogP contribution in [-0.2, 0) is 0 Å². The van der Waals surface area contributed by atoms with Crippen LogP contribution in [0.25, 0.3) is 76.9 Å². The van der Waals surface area contributed by atoms with Crippen LogP contribution in [0.2, 0.25) is 0 Å². The highest BCUT2D eigenvalue weighted by molar-refractivity contribution is 6.19. The number of furan rings is 2. The molecule has 0 radical (unpaired) electrons. The normalized spacial score (nSPS) is 14.5. The molecule has 0 saturated heterocycles. The lowest BCUT2D eigenvalue weighted by Crippen LogP contribution is -2.33. The predicted octanol–water partition coefficient (Wildman–Crippen LogP) is 12.5. The zero-order valence-corrected chi connectivity index (χ0v) is 29.0. The number of aliphatic imine (C=N–C) groups is 2. The van der Waals surface area contributed by atoms with Crippen LogP contribution < -0.4 is 5.32 Å². The van der Waals surface area contributed by atoms with Gasteiger partial charge in [-0.2, -0.15) is 0 Å². The van der Waals surface area contributed by atoms with E-state index in [9.17, 15) is 0 Å². The summed E-state index contributed by atoms with van der Waals surface area (Å²) in [4.78, 5) is 10.7. The summed E-state index contributed by atoms with van der Waals surface area (Å²) in [7, 11) is 0. The van der Waals surface area contributed by atoms with Crippen molar-refractivity contribution < 1.29 is 8.83 Å². The highest BCUT2D eigenvalue weighted by Crippen LogP contribution is 2.43. The highest BCUT2D eigenvalue weighted by atomic mass is 16.3. The number of nitrogens with zero attached hydrogens (tertiary/aromatic N) is 2. The first-order valence-corrected chi connectivity index (χ1v) is 18.2. The molecule has 1 aliphatic rings. The van der Waals surface area contributed by atoms with Gasteiger partial charge in [-0.3, -0.25) is 0 Å². The number of rotatable bonds is 5. The summed E-state index contributed by atoms with van der Waals surface area (Å²) in [5.41, 5.74) is 10.8. The summed E-state index contributed by atoms with van der Waals surface area (Å²) < 4.78 is 12.9. The van der Waals surface area contributed by atoms with Crippen molar-refractivity contribution in [1.82, 2.24) is 5.32 Å². The second-order valence-corrected chi connectivity index (χ2v) is 13.8. The van der Waals surface area contributed by atoms with Crippen LogP contribution in [0.15, 0.2) is 195 Å². The zero-order valence-electron chi connectivity index (χ0n) is 29.0. The monoisotopic (exact) mass is 693 g/mol. The lowest BCUT2D eigenvalue weighted by atomic mass is 9.90. The molecule has 5 heteroatoms. The molecule has 254 valence electrons. The third kappa shape index (κ3) is 4.94. The number of amidine groups is 2. The van der Waals surface area contributed by atoms with Crippen molar-refractivity contribution in [3.05, 3.63) is 193 Å². The molecule has 10 aromatic rings. The van der Waals surface area contributed by atoms with Gasteiger partial charge in [0.1, 0.15) is 34.3 Å². The molecule has 0 amide bonds. The van der Waals surface area contributed by atoms with Crippen LogP contribution in [0.4, 0.5) is 0 Å². The van der Waals surface area contributed by atoms with Gasteiger partial charge in [0.15, 0.2) is 5.84 Å². The van der Waals surface area contributed by atoms with E-state index in [0.29, 0.717) is 5.84 Å². The van der Waals surface area contributed by atoms with E-state index in [1.165, 1.54) is 0 Å². The molecule has 8 aromatic carbocycles. The van der Waals surface area contributed by atoms with E-state index < -0.39 is 6.17 Å². The molecule has 2 aromatic heterocycles. The van der Waals surface area contributed by atoms with Gasteiger partial charge in [-0.15, -0.1) is 0 Å². The molecule has 1 atom stereocenters. The summed E-state index contributed by atoms with van der Waals surface area (Å²) in [6.07, 6.45) is -0.418. The van der Waals surface area contributed by atoms with E-state index in [1.807, 2.05) is 60.7 Å². The average molecular weight is 694 g/mol. The number of para-hydroxylation sites is 2. The Balaban J connectivity index is 1.17. The highest BCUT2D eigenvalue weighted by Gasteiger charge is 2.26. The van der Waals surface area contributed by atoms with Gasteiger partial charge in [-0.05, 0) is 75.5 Å². The van der Waals surface area contributed by atoms with Gasteiger partial charge in [0.05, 0.1) is 0 Å². The fourth-order valence-corrected chi connectivity index (χ4v) is 8.04. The first kappa shape index (κ1) is 30.4. The second kappa shape index (κ2) is 12.2. The molecule has 3 heterocycles. The van der Waals surface area contributed by atoms with Crippen molar-refractivity contribution in [2.75, 3.05) is 0 Å².